The van der Waals surface area contributed by atoms with Gasteiger partial charge >= 0.3 is 0 Å². The second-order valence-electron chi connectivity index (χ2n) is 6.60. The van der Waals surface area contributed by atoms with E-state index in [2.05, 4.69) is 55.7 Å². The lowest BCUT2D eigenvalue weighted by Gasteiger charge is -2.25. The largest absolute Gasteiger partial charge is 0.382 e. The fourth-order valence-corrected chi connectivity index (χ4v) is 2.53. The van der Waals surface area contributed by atoms with Crippen LogP contribution in [0.2, 0.25) is 0 Å². The van der Waals surface area contributed by atoms with Crippen LogP contribution >= 0.6 is 0 Å². The first kappa shape index (κ1) is 13.4. The Labute approximate surface area is 111 Å². The van der Waals surface area contributed by atoms with Crippen molar-refractivity contribution in [3.63, 3.8) is 0 Å². The SMILES string of the molecule is CC(C)(C)Cc1ccc(NC2CCNCC2)cc1. The minimum absolute atomic E-state index is 0.365. The van der Waals surface area contributed by atoms with Crippen molar-refractivity contribution in [3.05, 3.63) is 29.8 Å². The molecule has 2 heteroatoms. The summed E-state index contributed by atoms with van der Waals surface area (Å²) in [6, 6.07) is 9.61. The van der Waals surface area contributed by atoms with Gasteiger partial charge in [-0.3, -0.25) is 0 Å². The molecule has 2 rings (SSSR count). The number of anilines is 1. The van der Waals surface area contributed by atoms with Crippen molar-refractivity contribution in [1.82, 2.24) is 5.32 Å². The Balaban J connectivity index is 1.90. The molecule has 0 atom stereocenters. The number of nitrogens with one attached hydrogen (secondary N) is 2. The smallest absolute Gasteiger partial charge is 0.0342 e. The van der Waals surface area contributed by atoms with Crippen LogP contribution in [0.25, 0.3) is 0 Å². The highest BCUT2D eigenvalue weighted by Gasteiger charge is 2.13. The normalized spacial score (nSPS) is 17.7. The van der Waals surface area contributed by atoms with Crippen LogP contribution in [-0.4, -0.2) is 19.1 Å². The topological polar surface area (TPSA) is 24.1 Å². The summed E-state index contributed by atoms with van der Waals surface area (Å²) in [4.78, 5) is 0. The van der Waals surface area contributed by atoms with Gasteiger partial charge in [0.05, 0.1) is 0 Å². The molecule has 100 valence electrons. The second kappa shape index (κ2) is 5.75. The van der Waals surface area contributed by atoms with E-state index in [1.165, 1.54) is 24.1 Å². The summed E-state index contributed by atoms with van der Waals surface area (Å²) in [5.74, 6) is 0. The van der Waals surface area contributed by atoms with Crippen molar-refractivity contribution in [2.45, 2.75) is 46.1 Å². The molecule has 0 radical (unpaired) electrons. The summed E-state index contributed by atoms with van der Waals surface area (Å²) in [7, 11) is 0. The fourth-order valence-electron chi connectivity index (χ4n) is 2.53. The van der Waals surface area contributed by atoms with E-state index in [0.717, 1.165) is 19.5 Å². The van der Waals surface area contributed by atoms with E-state index in [-0.39, 0.29) is 0 Å². The van der Waals surface area contributed by atoms with Gasteiger partial charge in [-0.2, -0.15) is 0 Å². The Morgan fingerprint density at radius 2 is 1.72 bits per heavy atom. The van der Waals surface area contributed by atoms with Crippen LogP contribution in [0.4, 0.5) is 5.69 Å². The summed E-state index contributed by atoms with van der Waals surface area (Å²) >= 11 is 0. The Hall–Kier alpha value is -1.02. The molecule has 0 unspecified atom stereocenters. The third-order valence-electron chi connectivity index (χ3n) is 3.40. The molecular weight excluding hydrogens is 220 g/mol. The summed E-state index contributed by atoms with van der Waals surface area (Å²) < 4.78 is 0. The van der Waals surface area contributed by atoms with Crippen molar-refractivity contribution in [3.8, 4) is 0 Å². The first-order valence-electron chi connectivity index (χ1n) is 7.09. The highest BCUT2D eigenvalue weighted by atomic mass is 15.0. The Bertz CT molecular complexity index is 356. The Morgan fingerprint density at radius 1 is 1.11 bits per heavy atom. The van der Waals surface area contributed by atoms with E-state index < -0.39 is 0 Å². The van der Waals surface area contributed by atoms with E-state index in [4.69, 9.17) is 0 Å². The molecule has 18 heavy (non-hydrogen) atoms. The highest BCUT2D eigenvalue weighted by Crippen LogP contribution is 2.22. The minimum Gasteiger partial charge on any atom is -0.382 e. The van der Waals surface area contributed by atoms with Gasteiger partial charge in [0.1, 0.15) is 0 Å². The van der Waals surface area contributed by atoms with Gasteiger partial charge in [-0.25, -0.2) is 0 Å². The van der Waals surface area contributed by atoms with Crippen molar-refractivity contribution in [2.24, 2.45) is 5.41 Å². The maximum Gasteiger partial charge on any atom is 0.0342 e. The van der Waals surface area contributed by atoms with Crippen molar-refractivity contribution >= 4 is 5.69 Å². The Kier molecular flexibility index (Phi) is 4.28. The van der Waals surface area contributed by atoms with E-state index in [1.807, 2.05) is 0 Å². The molecule has 1 heterocycles. The number of piperidine rings is 1. The van der Waals surface area contributed by atoms with Gasteiger partial charge < -0.3 is 10.6 Å². The monoisotopic (exact) mass is 246 g/mol. The van der Waals surface area contributed by atoms with Gasteiger partial charge in [-0.05, 0) is 55.5 Å². The zero-order valence-corrected chi connectivity index (χ0v) is 11.9. The molecule has 1 fully saturated rings. The lowest BCUT2D eigenvalue weighted by Crippen LogP contribution is -2.35. The maximum atomic E-state index is 3.63. The molecule has 1 saturated heterocycles. The number of benzene rings is 1. The lowest BCUT2D eigenvalue weighted by molar-refractivity contribution is 0.411. The zero-order chi connectivity index (χ0) is 13.0. The third-order valence-corrected chi connectivity index (χ3v) is 3.40. The van der Waals surface area contributed by atoms with E-state index in [0.29, 0.717) is 11.5 Å². The molecule has 1 aliphatic rings. The van der Waals surface area contributed by atoms with Crippen LogP contribution in [0, 0.1) is 5.41 Å². The van der Waals surface area contributed by atoms with Gasteiger partial charge in [-0.15, -0.1) is 0 Å². The molecule has 1 aliphatic heterocycles. The number of hydrogen-bond acceptors (Lipinski definition) is 2. The van der Waals surface area contributed by atoms with Crippen molar-refractivity contribution < 1.29 is 0 Å². The standard InChI is InChI=1S/C16H26N2/c1-16(2,3)12-13-4-6-14(7-5-13)18-15-8-10-17-11-9-15/h4-7,15,17-18H,8-12H2,1-3H3. The molecule has 1 aromatic rings. The van der Waals surface area contributed by atoms with Gasteiger partial charge in [-0.1, -0.05) is 32.9 Å². The van der Waals surface area contributed by atoms with Crippen LogP contribution in [0.3, 0.4) is 0 Å². The Morgan fingerprint density at radius 3 is 2.28 bits per heavy atom. The van der Waals surface area contributed by atoms with E-state index in [1.54, 1.807) is 0 Å². The second-order valence-corrected chi connectivity index (χ2v) is 6.60. The molecule has 0 spiro atoms. The van der Waals surface area contributed by atoms with Gasteiger partial charge in [0.15, 0.2) is 0 Å². The van der Waals surface area contributed by atoms with Crippen molar-refractivity contribution in [2.75, 3.05) is 18.4 Å². The highest BCUT2D eigenvalue weighted by molar-refractivity contribution is 5.45. The summed E-state index contributed by atoms with van der Waals surface area (Å²) in [5.41, 5.74) is 3.06. The van der Waals surface area contributed by atoms with Gasteiger partial charge in [0.2, 0.25) is 0 Å². The van der Waals surface area contributed by atoms with Crippen LogP contribution in [-0.2, 0) is 6.42 Å². The molecule has 0 bridgehead atoms. The molecule has 0 aromatic heterocycles. The summed E-state index contributed by atoms with van der Waals surface area (Å²) in [6.45, 7) is 9.14. The van der Waals surface area contributed by atoms with Gasteiger partial charge in [0.25, 0.3) is 0 Å². The predicted molar refractivity (Wildman–Crippen MR) is 79.1 cm³/mol. The molecular formula is C16H26N2. The molecule has 0 amide bonds. The maximum absolute atomic E-state index is 3.63. The van der Waals surface area contributed by atoms with Crippen molar-refractivity contribution in [1.29, 1.82) is 0 Å². The first-order valence-corrected chi connectivity index (χ1v) is 7.09. The van der Waals surface area contributed by atoms with Crippen LogP contribution in [0.5, 0.6) is 0 Å². The average Bonchev–Trinajstić information content (AvgIpc) is 2.31. The summed E-state index contributed by atoms with van der Waals surface area (Å²) in [5, 5.41) is 7.03. The average molecular weight is 246 g/mol. The molecule has 2 N–H and O–H groups in total. The van der Waals surface area contributed by atoms with Crippen LogP contribution in [0.1, 0.15) is 39.2 Å². The predicted octanol–water partition coefficient (Wildman–Crippen LogP) is 3.44. The van der Waals surface area contributed by atoms with E-state index in [9.17, 15) is 0 Å². The zero-order valence-electron chi connectivity index (χ0n) is 11.9. The third kappa shape index (κ3) is 4.34. The molecule has 0 saturated carbocycles. The molecule has 0 aliphatic carbocycles. The lowest BCUT2D eigenvalue weighted by atomic mass is 9.88. The molecule has 2 nitrogen and oxygen atoms in total. The van der Waals surface area contributed by atoms with E-state index >= 15 is 0 Å². The quantitative estimate of drug-likeness (QED) is 0.853. The van der Waals surface area contributed by atoms with Crippen LogP contribution in [0.15, 0.2) is 24.3 Å². The summed E-state index contributed by atoms with van der Waals surface area (Å²) in [6.07, 6.45) is 3.59. The number of hydrogen-bond donors (Lipinski definition) is 2. The fraction of sp³-hybridized carbons (Fsp3) is 0.625. The first-order chi connectivity index (χ1) is 8.53. The number of rotatable bonds is 3. The minimum atomic E-state index is 0.365. The van der Waals surface area contributed by atoms with Gasteiger partial charge in [0, 0.05) is 11.7 Å². The molecule has 1 aromatic carbocycles. The van der Waals surface area contributed by atoms with Crippen LogP contribution < -0.4 is 10.6 Å².